The van der Waals surface area contributed by atoms with Gasteiger partial charge >= 0.3 is 6.18 Å². The van der Waals surface area contributed by atoms with Crippen LogP contribution in [-0.2, 0) is 0 Å². The molecule has 0 fully saturated rings. The summed E-state index contributed by atoms with van der Waals surface area (Å²) in [5, 5.41) is 7.56. The van der Waals surface area contributed by atoms with Crippen LogP contribution >= 0.6 is 0 Å². The third kappa shape index (κ3) is 8.42. The minimum atomic E-state index is -4.57. The van der Waals surface area contributed by atoms with E-state index in [1.54, 1.807) is 30.6 Å². The number of nitrogens with one attached hydrogen (secondary N) is 2. The zero-order valence-electron chi connectivity index (χ0n) is 22.2. The maximum absolute atomic E-state index is 13.8. The maximum atomic E-state index is 13.8. The number of unbranched alkanes of at least 4 members (excludes halogenated alkanes) is 1. The van der Waals surface area contributed by atoms with E-state index in [-0.39, 0.29) is 18.7 Å². The Hall–Kier alpha value is -4.15. The number of alkyl halides is 3. The lowest BCUT2D eigenvalue weighted by Gasteiger charge is -2.16. The molecule has 2 N–H and O–H groups in total. The smallest absolute Gasteiger partial charge is 0.349 e. The number of pyridine rings is 1. The molecule has 0 aliphatic heterocycles. The van der Waals surface area contributed by atoms with Gasteiger partial charge in [0.1, 0.15) is 0 Å². The van der Waals surface area contributed by atoms with E-state index in [0.717, 1.165) is 40.8 Å². The summed E-state index contributed by atoms with van der Waals surface area (Å²) < 4.78 is 41.5. The van der Waals surface area contributed by atoms with E-state index >= 15 is 0 Å². The summed E-state index contributed by atoms with van der Waals surface area (Å²) in [5.41, 5.74) is 1.87. The fraction of sp³-hybridized carbons (Fsp3) is 0.250. The van der Waals surface area contributed by atoms with Crippen LogP contribution in [0.25, 0.3) is 10.8 Å². The van der Waals surface area contributed by atoms with Gasteiger partial charge in [-0.15, -0.1) is 0 Å². The number of halogens is 3. The molecule has 0 bridgehead atoms. The van der Waals surface area contributed by atoms with Gasteiger partial charge in [-0.3, -0.25) is 9.78 Å². The molecule has 202 valence electrons. The summed E-state index contributed by atoms with van der Waals surface area (Å²) in [4.78, 5) is 17.0. The number of aromatic nitrogens is 1. The Kier molecular flexibility index (Phi) is 10.7. The van der Waals surface area contributed by atoms with E-state index in [1.165, 1.54) is 12.2 Å². The van der Waals surface area contributed by atoms with Crippen molar-refractivity contribution in [3.8, 4) is 11.8 Å². The van der Waals surface area contributed by atoms with Crippen LogP contribution in [0.4, 0.5) is 13.2 Å². The van der Waals surface area contributed by atoms with E-state index in [0.29, 0.717) is 17.7 Å². The summed E-state index contributed by atoms with van der Waals surface area (Å²) in [6.45, 7) is 7.82. The molecule has 1 aromatic heterocycles. The van der Waals surface area contributed by atoms with Crippen molar-refractivity contribution in [3.05, 3.63) is 113 Å². The van der Waals surface area contributed by atoms with Crippen molar-refractivity contribution < 1.29 is 18.0 Å². The number of amides is 1. The number of benzene rings is 2. The van der Waals surface area contributed by atoms with Crippen molar-refractivity contribution in [3.63, 3.8) is 0 Å². The number of fused-ring (bicyclic) bond motifs is 1. The van der Waals surface area contributed by atoms with Crippen molar-refractivity contribution in [1.29, 1.82) is 0 Å². The summed E-state index contributed by atoms with van der Waals surface area (Å²) in [6.07, 6.45) is 4.37. The molecule has 1 heterocycles. The molecule has 0 unspecified atom stereocenters. The van der Waals surface area contributed by atoms with Crippen LogP contribution in [0.2, 0.25) is 0 Å². The lowest BCUT2D eigenvalue weighted by atomic mass is 10.0. The first-order valence-corrected chi connectivity index (χ1v) is 12.8. The zero-order valence-corrected chi connectivity index (χ0v) is 22.2. The van der Waals surface area contributed by atoms with Crippen molar-refractivity contribution in [1.82, 2.24) is 15.6 Å². The summed E-state index contributed by atoms with van der Waals surface area (Å²) in [6, 6.07) is 12.8. The predicted octanol–water partition coefficient (Wildman–Crippen LogP) is 6.66. The van der Waals surface area contributed by atoms with Gasteiger partial charge in [-0.25, -0.2) is 0 Å². The molecule has 0 spiro atoms. The Labute approximate surface area is 227 Å². The Morgan fingerprint density at radius 2 is 1.87 bits per heavy atom. The number of carbonyl (C=O) groups excluding carboxylic acids is 1. The lowest BCUT2D eigenvalue weighted by Crippen LogP contribution is -2.27. The first kappa shape index (κ1) is 29.4. The SMILES string of the molecule is C=C/C=C(CNCCCC)\C(=C/CNC(=O)c1ccc(C)c(C#Cc2cncc3ccccc23)c1)C(F)(F)F. The van der Waals surface area contributed by atoms with Crippen LogP contribution in [0, 0.1) is 18.8 Å². The molecule has 0 atom stereocenters. The van der Waals surface area contributed by atoms with Gasteiger partial charge in [0.15, 0.2) is 0 Å². The first-order valence-electron chi connectivity index (χ1n) is 12.8. The zero-order chi connectivity index (χ0) is 28.3. The summed E-state index contributed by atoms with van der Waals surface area (Å²) >= 11 is 0. The van der Waals surface area contributed by atoms with Crippen LogP contribution in [-0.4, -0.2) is 36.7 Å². The topological polar surface area (TPSA) is 54.0 Å². The number of nitrogens with zero attached hydrogens (tertiary/aromatic N) is 1. The largest absolute Gasteiger partial charge is 0.416 e. The van der Waals surface area contributed by atoms with E-state index in [1.807, 2.05) is 38.1 Å². The molecule has 2 aromatic carbocycles. The summed E-state index contributed by atoms with van der Waals surface area (Å²) in [5.74, 6) is 5.76. The van der Waals surface area contributed by atoms with Gasteiger partial charge in [0.05, 0.1) is 11.1 Å². The Bertz CT molecular complexity index is 1440. The quantitative estimate of drug-likeness (QED) is 0.175. The molecule has 3 rings (SSSR count). The van der Waals surface area contributed by atoms with Crippen LogP contribution < -0.4 is 10.6 Å². The normalized spacial score (nSPS) is 12.1. The number of carbonyl (C=O) groups is 1. The standard InChI is InChI=1S/C32H32F3N3O/c1-4-6-17-36-22-28(9-5-2)30(32(33,34)35)16-18-38-31(39)25-13-12-23(3)24(19-25)14-15-27-21-37-20-26-10-7-8-11-29(26)27/h5,7-13,16,19-21,36H,2,4,6,17-18,22H2,1,3H3,(H,38,39)/b28-9-,30-16+. The Morgan fingerprint density at radius 1 is 1.10 bits per heavy atom. The average molecular weight is 532 g/mol. The van der Waals surface area contributed by atoms with Gasteiger partial charge in [0.2, 0.25) is 0 Å². The average Bonchev–Trinajstić information content (AvgIpc) is 2.91. The van der Waals surface area contributed by atoms with Crippen molar-refractivity contribution >= 4 is 16.7 Å². The third-order valence-electron chi connectivity index (χ3n) is 6.06. The van der Waals surface area contributed by atoms with Gasteiger partial charge < -0.3 is 10.6 Å². The van der Waals surface area contributed by atoms with E-state index < -0.39 is 17.7 Å². The fourth-order valence-corrected chi connectivity index (χ4v) is 3.94. The predicted molar refractivity (Wildman–Crippen MR) is 151 cm³/mol. The van der Waals surface area contributed by atoms with Gasteiger partial charge in [0.25, 0.3) is 5.91 Å². The molecule has 39 heavy (non-hydrogen) atoms. The highest BCUT2D eigenvalue weighted by molar-refractivity contribution is 5.95. The molecule has 4 nitrogen and oxygen atoms in total. The highest BCUT2D eigenvalue weighted by Crippen LogP contribution is 2.31. The molecule has 0 aliphatic carbocycles. The summed E-state index contributed by atoms with van der Waals surface area (Å²) in [7, 11) is 0. The number of aryl methyl sites for hydroxylation is 1. The highest BCUT2D eigenvalue weighted by Gasteiger charge is 2.35. The van der Waals surface area contributed by atoms with Crippen LogP contribution in [0.5, 0.6) is 0 Å². The van der Waals surface area contributed by atoms with Crippen molar-refractivity contribution in [2.24, 2.45) is 0 Å². The molecular weight excluding hydrogens is 499 g/mol. The lowest BCUT2D eigenvalue weighted by molar-refractivity contribution is -0.0896. The van der Waals surface area contributed by atoms with Gasteiger partial charge in [-0.2, -0.15) is 13.2 Å². The van der Waals surface area contributed by atoms with Gasteiger partial charge in [-0.1, -0.05) is 80.3 Å². The van der Waals surface area contributed by atoms with Crippen LogP contribution in [0.3, 0.4) is 0 Å². The van der Waals surface area contributed by atoms with Crippen LogP contribution in [0.15, 0.2) is 90.8 Å². The van der Waals surface area contributed by atoms with E-state index in [9.17, 15) is 18.0 Å². The molecule has 0 radical (unpaired) electrons. The minimum Gasteiger partial charge on any atom is -0.349 e. The number of rotatable bonds is 10. The van der Waals surface area contributed by atoms with Gasteiger partial charge in [0, 0.05) is 47.4 Å². The Morgan fingerprint density at radius 3 is 2.62 bits per heavy atom. The molecule has 0 aliphatic rings. The second kappa shape index (κ2) is 14.1. The second-order valence-corrected chi connectivity index (χ2v) is 8.97. The van der Waals surface area contributed by atoms with E-state index in [4.69, 9.17) is 0 Å². The van der Waals surface area contributed by atoms with Crippen molar-refractivity contribution in [2.75, 3.05) is 19.6 Å². The monoisotopic (exact) mass is 531 g/mol. The number of hydrogen-bond donors (Lipinski definition) is 2. The minimum absolute atomic E-state index is 0.0531. The number of allylic oxidation sites excluding steroid dienone is 2. The molecule has 7 heteroatoms. The van der Waals surface area contributed by atoms with E-state index in [2.05, 4.69) is 34.0 Å². The highest BCUT2D eigenvalue weighted by atomic mass is 19.4. The second-order valence-electron chi connectivity index (χ2n) is 8.97. The number of hydrogen-bond acceptors (Lipinski definition) is 3. The Balaban J connectivity index is 1.77. The van der Waals surface area contributed by atoms with Gasteiger partial charge in [-0.05, 0) is 43.2 Å². The molecular formula is C32H32F3N3O. The van der Waals surface area contributed by atoms with Crippen molar-refractivity contribution in [2.45, 2.75) is 32.9 Å². The molecule has 0 saturated heterocycles. The first-order chi connectivity index (χ1) is 18.7. The third-order valence-corrected chi connectivity index (χ3v) is 6.06. The molecule has 3 aromatic rings. The van der Waals surface area contributed by atoms with Crippen LogP contribution in [0.1, 0.15) is 46.8 Å². The molecule has 0 saturated carbocycles. The maximum Gasteiger partial charge on any atom is 0.416 e. The fourth-order valence-electron chi connectivity index (χ4n) is 3.94. The molecule has 1 amide bonds.